The number of non-ortho nitro benzene ring substituents is 1. The Balaban J connectivity index is 2.29. The third-order valence-corrected chi connectivity index (χ3v) is 2.27. The molecule has 17 heavy (non-hydrogen) atoms. The van der Waals surface area contributed by atoms with Crippen LogP contribution in [0.15, 0.2) is 42.6 Å². The lowest BCUT2D eigenvalue weighted by Crippen LogP contribution is -1.95. The van der Waals surface area contributed by atoms with Crippen LogP contribution in [0.25, 0.3) is 11.8 Å². The Morgan fingerprint density at radius 1 is 1.29 bits per heavy atom. The SMILES string of the molecule is C/C=C\c1ccn(-c2ccc([N+](=O)[O-])cc2)n1. The van der Waals surface area contributed by atoms with Crippen LogP contribution in [0, 0.1) is 10.1 Å². The molecule has 0 atom stereocenters. The van der Waals surface area contributed by atoms with E-state index in [0.717, 1.165) is 11.4 Å². The van der Waals surface area contributed by atoms with Crippen LogP contribution in [0.4, 0.5) is 5.69 Å². The molecule has 0 radical (unpaired) electrons. The predicted molar refractivity (Wildman–Crippen MR) is 64.9 cm³/mol. The highest BCUT2D eigenvalue weighted by molar-refractivity contribution is 5.45. The minimum absolute atomic E-state index is 0.0783. The molecule has 2 aromatic rings. The molecule has 0 N–H and O–H groups in total. The first kappa shape index (κ1) is 11.1. The number of nitro groups is 1. The van der Waals surface area contributed by atoms with Crippen LogP contribution >= 0.6 is 0 Å². The highest BCUT2D eigenvalue weighted by Gasteiger charge is 2.05. The minimum atomic E-state index is -0.419. The molecule has 1 aromatic heterocycles. The standard InChI is InChI=1S/C12H11N3O2/c1-2-3-10-8-9-14(13-10)11-4-6-12(7-5-11)15(16)17/h2-9H,1H3/b3-2-. The van der Waals surface area contributed by atoms with Gasteiger partial charge in [0.05, 0.1) is 16.3 Å². The van der Waals surface area contributed by atoms with E-state index in [1.165, 1.54) is 12.1 Å². The predicted octanol–water partition coefficient (Wildman–Crippen LogP) is 2.81. The van der Waals surface area contributed by atoms with Crippen LogP contribution < -0.4 is 0 Å². The molecule has 0 saturated heterocycles. The number of nitro benzene ring substituents is 1. The summed E-state index contributed by atoms with van der Waals surface area (Å²) < 4.78 is 1.68. The van der Waals surface area contributed by atoms with Crippen molar-refractivity contribution >= 4 is 11.8 Å². The second-order valence-electron chi connectivity index (χ2n) is 3.46. The van der Waals surface area contributed by atoms with Crippen molar-refractivity contribution in [1.82, 2.24) is 9.78 Å². The summed E-state index contributed by atoms with van der Waals surface area (Å²) in [5, 5.41) is 14.8. The lowest BCUT2D eigenvalue weighted by atomic mass is 10.3. The van der Waals surface area contributed by atoms with Crippen LogP contribution in [0.1, 0.15) is 12.6 Å². The number of rotatable bonds is 3. The van der Waals surface area contributed by atoms with E-state index >= 15 is 0 Å². The molecule has 0 unspecified atom stereocenters. The summed E-state index contributed by atoms with van der Waals surface area (Å²) in [6.07, 6.45) is 5.61. The summed E-state index contributed by atoms with van der Waals surface area (Å²) in [6.45, 7) is 1.92. The van der Waals surface area contributed by atoms with Crippen molar-refractivity contribution in [1.29, 1.82) is 0 Å². The Kier molecular flexibility index (Phi) is 3.00. The zero-order valence-electron chi connectivity index (χ0n) is 9.28. The molecule has 5 nitrogen and oxygen atoms in total. The molecule has 0 fully saturated rings. The van der Waals surface area contributed by atoms with Gasteiger partial charge in [-0.05, 0) is 31.2 Å². The summed E-state index contributed by atoms with van der Waals surface area (Å²) in [7, 11) is 0. The summed E-state index contributed by atoms with van der Waals surface area (Å²) in [5.74, 6) is 0. The number of aromatic nitrogens is 2. The number of hydrogen-bond donors (Lipinski definition) is 0. The molecule has 0 aliphatic carbocycles. The molecule has 0 aliphatic heterocycles. The van der Waals surface area contributed by atoms with Crippen molar-refractivity contribution < 1.29 is 4.92 Å². The zero-order chi connectivity index (χ0) is 12.3. The summed E-state index contributed by atoms with van der Waals surface area (Å²) in [6, 6.07) is 8.15. The van der Waals surface area contributed by atoms with Crippen LogP contribution in [0.5, 0.6) is 0 Å². The minimum Gasteiger partial charge on any atom is -0.258 e. The van der Waals surface area contributed by atoms with Crippen molar-refractivity contribution in [3.63, 3.8) is 0 Å². The van der Waals surface area contributed by atoms with Gasteiger partial charge in [-0.25, -0.2) is 4.68 Å². The normalized spacial score (nSPS) is 10.9. The molecule has 1 heterocycles. The van der Waals surface area contributed by atoms with Crippen molar-refractivity contribution in [2.45, 2.75) is 6.92 Å². The highest BCUT2D eigenvalue weighted by atomic mass is 16.6. The monoisotopic (exact) mass is 229 g/mol. The van der Waals surface area contributed by atoms with Crippen molar-refractivity contribution in [3.05, 3.63) is 58.4 Å². The topological polar surface area (TPSA) is 61.0 Å². The van der Waals surface area contributed by atoms with Crippen molar-refractivity contribution in [3.8, 4) is 5.69 Å². The maximum atomic E-state index is 10.5. The van der Waals surface area contributed by atoms with Crippen LogP contribution in [-0.2, 0) is 0 Å². The van der Waals surface area contributed by atoms with E-state index in [0.29, 0.717) is 0 Å². The van der Waals surface area contributed by atoms with E-state index in [1.807, 2.05) is 31.3 Å². The highest BCUT2D eigenvalue weighted by Crippen LogP contribution is 2.15. The van der Waals surface area contributed by atoms with E-state index in [1.54, 1.807) is 16.8 Å². The lowest BCUT2D eigenvalue weighted by Gasteiger charge is -1.99. The molecule has 0 aliphatic rings. The second kappa shape index (κ2) is 4.61. The van der Waals surface area contributed by atoms with E-state index in [2.05, 4.69) is 5.10 Å². The van der Waals surface area contributed by atoms with Gasteiger partial charge in [0.2, 0.25) is 0 Å². The third kappa shape index (κ3) is 2.39. The first-order valence-electron chi connectivity index (χ1n) is 5.14. The molecule has 5 heteroatoms. The lowest BCUT2D eigenvalue weighted by molar-refractivity contribution is -0.384. The van der Waals surface area contributed by atoms with Crippen molar-refractivity contribution in [2.75, 3.05) is 0 Å². The first-order valence-corrected chi connectivity index (χ1v) is 5.14. The largest absolute Gasteiger partial charge is 0.269 e. The fourth-order valence-corrected chi connectivity index (χ4v) is 1.47. The van der Waals surface area contributed by atoms with E-state index < -0.39 is 4.92 Å². The Hall–Kier alpha value is -2.43. The smallest absolute Gasteiger partial charge is 0.258 e. The van der Waals surface area contributed by atoms with E-state index in [9.17, 15) is 10.1 Å². The molecular formula is C12H11N3O2. The fraction of sp³-hybridized carbons (Fsp3) is 0.0833. The average Bonchev–Trinajstić information content (AvgIpc) is 2.78. The summed E-state index contributed by atoms with van der Waals surface area (Å²) in [4.78, 5) is 10.1. The van der Waals surface area contributed by atoms with Gasteiger partial charge in [-0.1, -0.05) is 6.08 Å². The number of benzene rings is 1. The van der Waals surface area contributed by atoms with Gasteiger partial charge in [-0.3, -0.25) is 10.1 Å². The molecule has 2 rings (SSSR count). The Bertz CT molecular complexity index is 555. The number of allylic oxidation sites excluding steroid dienone is 1. The van der Waals surface area contributed by atoms with E-state index in [-0.39, 0.29) is 5.69 Å². The van der Waals surface area contributed by atoms with Gasteiger partial charge in [0, 0.05) is 18.3 Å². The van der Waals surface area contributed by atoms with Gasteiger partial charge in [-0.2, -0.15) is 5.10 Å². The third-order valence-electron chi connectivity index (χ3n) is 2.27. The molecule has 1 aromatic carbocycles. The Labute approximate surface area is 98.2 Å². The molecular weight excluding hydrogens is 218 g/mol. The van der Waals surface area contributed by atoms with Gasteiger partial charge in [0.25, 0.3) is 5.69 Å². The molecule has 0 saturated carbocycles. The van der Waals surface area contributed by atoms with Gasteiger partial charge < -0.3 is 0 Å². The van der Waals surface area contributed by atoms with Crippen LogP contribution in [-0.4, -0.2) is 14.7 Å². The van der Waals surface area contributed by atoms with Crippen molar-refractivity contribution in [2.24, 2.45) is 0 Å². The quantitative estimate of drug-likeness (QED) is 0.600. The zero-order valence-corrected chi connectivity index (χ0v) is 9.28. The summed E-state index contributed by atoms with van der Waals surface area (Å²) in [5.41, 5.74) is 1.73. The van der Waals surface area contributed by atoms with Gasteiger partial charge in [0.1, 0.15) is 0 Å². The maximum Gasteiger partial charge on any atom is 0.269 e. The first-order chi connectivity index (χ1) is 8.20. The van der Waals surface area contributed by atoms with Gasteiger partial charge in [-0.15, -0.1) is 0 Å². The molecule has 0 bridgehead atoms. The Morgan fingerprint density at radius 2 is 2.00 bits per heavy atom. The number of hydrogen-bond acceptors (Lipinski definition) is 3. The van der Waals surface area contributed by atoms with Gasteiger partial charge in [0.15, 0.2) is 0 Å². The molecule has 86 valence electrons. The van der Waals surface area contributed by atoms with Gasteiger partial charge >= 0.3 is 0 Å². The Morgan fingerprint density at radius 3 is 2.59 bits per heavy atom. The van der Waals surface area contributed by atoms with E-state index in [4.69, 9.17) is 0 Å². The summed E-state index contributed by atoms with van der Waals surface area (Å²) >= 11 is 0. The number of nitrogens with zero attached hydrogens (tertiary/aromatic N) is 3. The molecule has 0 spiro atoms. The average molecular weight is 229 g/mol. The maximum absolute atomic E-state index is 10.5. The fourth-order valence-electron chi connectivity index (χ4n) is 1.47. The second-order valence-corrected chi connectivity index (χ2v) is 3.46. The van der Waals surface area contributed by atoms with Crippen LogP contribution in [0.3, 0.4) is 0 Å². The van der Waals surface area contributed by atoms with Crippen LogP contribution in [0.2, 0.25) is 0 Å². The molecule has 0 amide bonds.